The Kier molecular flexibility index (Phi) is 23.7. The average Bonchev–Trinajstić information content (AvgIpc) is 1.12. The van der Waals surface area contributed by atoms with Crippen LogP contribution in [0.4, 0.5) is 0 Å². The Labute approximate surface area is 169 Å². The quantitative estimate of drug-likeness (QED) is 0.243. The third-order valence-electron chi connectivity index (χ3n) is 0. The summed E-state index contributed by atoms with van der Waals surface area (Å²) < 4.78 is 17.5. The van der Waals surface area contributed by atoms with E-state index in [9.17, 15) is 0 Å². The molecular formula is H4CsKO8P2. The standard InChI is InChI=1S/Cs.K.2H3O4P/c;;2*1-5(2,3)4/h;;2*(H3,1,2,3,4)/q2*+1;;/p-2. The molecule has 0 heterocycles. The molecule has 0 aliphatic rings. The van der Waals surface area contributed by atoms with Gasteiger partial charge in [0.1, 0.15) is 0 Å². The molecule has 0 amide bonds. The zero-order chi connectivity index (χ0) is 9.00. The van der Waals surface area contributed by atoms with Crippen LogP contribution in [0.15, 0.2) is 0 Å². The molecule has 0 saturated heterocycles. The molecule has 0 atom stereocenters. The Morgan fingerprint density at radius 2 is 0.833 bits per heavy atom. The van der Waals surface area contributed by atoms with E-state index >= 15 is 0 Å². The van der Waals surface area contributed by atoms with E-state index in [1.165, 1.54) is 0 Å². The van der Waals surface area contributed by atoms with Gasteiger partial charge in [0.25, 0.3) is 15.6 Å². The first kappa shape index (κ1) is 24.9. The van der Waals surface area contributed by atoms with Crippen LogP contribution in [-0.4, -0.2) is 19.6 Å². The molecule has 0 saturated carbocycles. The number of hydrogen-bond acceptors (Lipinski definition) is 4. The van der Waals surface area contributed by atoms with E-state index in [4.69, 9.17) is 38.5 Å². The van der Waals surface area contributed by atoms with Crippen LogP contribution in [-0.2, 0) is 9.13 Å². The second-order valence-corrected chi connectivity index (χ2v) is 2.94. The van der Waals surface area contributed by atoms with E-state index in [1.54, 1.807) is 0 Å². The summed E-state index contributed by atoms with van der Waals surface area (Å²) >= 11 is 0. The van der Waals surface area contributed by atoms with Crippen LogP contribution in [0.1, 0.15) is 0 Å². The van der Waals surface area contributed by atoms with Gasteiger partial charge in [-0.1, -0.05) is 0 Å². The van der Waals surface area contributed by atoms with Gasteiger partial charge in [-0.2, -0.15) is 0 Å². The Bertz CT molecular complexity index is 129. The molecule has 0 aliphatic carbocycles. The molecule has 0 unspecified atom stereocenters. The average molecular weight is 366 g/mol. The second-order valence-electron chi connectivity index (χ2n) is 0.981. The van der Waals surface area contributed by atoms with Crippen molar-refractivity contribution in [1.82, 2.24) is 0 Å². The molecule has 0 aromatic carbocycles. The van der Waals surface area contributed by atoms with Crippen LogP contribution >= 0.6 is 15.6 Å². The minimum atomic E-state index is -4.89. The van der Waals surface area contributed by atoms with Gasteiger partial charge in [0.2, 0.25) is 0 Å². The van der Waals surface area contributed by atoms with Gasteiger partial charge in [-0.3, -0.25) is 9.13 Å². The molecule has 0 aliphatic heterocycles. The van der Waals surface area contributed by atoms with Crippen molar-refractivity contribution in [2.75, 3.05) is 0 Å². The van der Waals surface area contributed by atoms with Crippen LogP contribution in [0.2, 0.25) is 0 Å². The predicted molar refractivity (Wildman–Crippen MR) is 24.1 cm³/mol. The summed E-state index contributed by atoms with van der Waals surface area (Å²) in [5.74, 6) is 0. The van der Waals surface area contributed by atoms with Crippen molar-refractivity contribution in [2.45, 2.75) is 0 Å². The predicted octanol–water partition coefficient (Wildman–Crippen LogP) is -9.11. The first-order valence-corrected chi connectivity index (χ1v) is 4.59. The maximum atomic E-state index is 8.77. The van der Waals surface area contributed by atoms with Crippen molar-refractivity contribution in [3.05, 3.63) is 0 Å². The van der Waals surface area contributed by atoms with Gasteiger partial charge >= 0.3 is 120 Å². The molecule has 64 valence electrons. The molecule has 12 heavy (non-hydrogen) atoms. The third kappa shape index (κ3) is 152. The van der Waals surface area contributed by atoms with E-state index < -0.39 is 15.6 Å². The van der Waals surface area contributed by atoms with Gasteiger partial charge in [0, 0.05) is 0 Å². The van der Waals surface area contributed by atoms with Crippen LogP contribution in [0, 0.1) is 0 Å². The molecule has 0 rings (SSSR count). The fourth-order valence-electron chi connectivity index (χ4n) is 0. The van der Waals surface area contributed by atoms with E-state index in [0.717, 1.165) is 0 Å². The van der Waals surface area contributed by atoms with Gasteiger partial charge in [0.05, 0.1) is 0 Å². The van der Waals surface area contributed by atoms with E-state index in [0.29, 0.717) is 0 Å². The molecule has 12 heteroatoms. The molecule has 8 nitrogen and oxygen atoms in total. The van der Waals surface area contributed by atoms with Crippen molar-refractivity contribution in [2.24, 2.45) is 0 Å². The Hall–Kier alpha value is 3.91. The fraction of sp³-hybridized carbons (Fsp3) is 0. The van der Waals surface area contributed by atoms with Gasteiger partial charge < -0.3 is 29.4 Å². The summed E-state index contributed by atoms with van der Waals surface area (Å²) in [6.07, 6.45) is 0. The summed E-state index contributed by atoms with van der Waals surface area (Å²) in [5, 5.41) is 0. The SMILES string of the molecule is O=P([O-])(O)O.O=P([O-])(O)O.[Cs+].[K+]. The van der Waals surface area contributed by atoms with Crippen LogP contribution in [0.5, 0.6) is 0 Å². The maximum Gasteiger partial charge on any atom is 1.00 e. The summed E-state index contributed by atoms with van der Waals surface area (Å²) in [4.78, 5) is 45.8. The largest absolute Gasteiger partial charge is 1.00 e. The molecular weight excluding hydrogens is 362 g/mol. The Morgan fingerprint density at radius 1 is 0.833 bits per heavy atom. The van der Waals surface area contributed by atoms with E-state index in [1.807, 2.05) is 0 Å². The van der Waals surface area contributed by atoms with Crippen molar-refractivity contribution in [3.8, 4) is 0 Å². The normalized spacial score (nSPS) is 9.83. The molecule has 4 N–H and O–H groups in total. The first-order valence-electron chi connectivity index (χ1n) is 1.53. The summed E-state index contributed by atoms with van der Waals surface area (Å²) in [5.41, 5.74) is 0. The smallest absolute Gasteiger partial charge is 0.756 e. The van der Waals surface area contributed by atoms with Crippen LogP contribution in [0.25, 0.3) is 0 Å². The zero-order valence-corrected chi connectivity index (χ0v) is 17.5. The number of rotatable bonds is 0. The monoisotopic (exact) mass is 366 g/mol. The van der Waals surface area contributed by atoms with E-state index in [2.05, 4.69) is 0 Å². The Morgan fingerprint density at radius 3 is 0.833 bits per heavy atom. The molecule has 0 radical (unpaired) electrons. The first-order chi connectivity index (χ1) is 4.00. The molecule has 0 bridgehead atoms. The van der Waals surface area contributed by atoms with Gasteiger partial charge in [-0.15, -0.1) is 0 Å². The molecule has 0 spiro atoms. The van der Waals surface area contributed by atoms with Crippen molar-refractivity contribution < 1.29 is 159 Å². The topological polar surface area (TPSA) is 161 Å². The molecule has 0 aromatic rings. The second kappa shape index (κ2) is 11.4. The number of phosphoric acid groups is 2. The number of hydrogen-bond donors (Lipinski definition) is 4. The van der Waals surface area contributed by atoms with Crippen molar-refractivity contribution in [1.29, 1.82) is 0 Å². The van der Waals surface area contributed by atoms with Crippen LogP contribution < -0.4 is 130 Å². The van der Waals surface area contributed by atoms with Gasteiger partial charge in [-0.05, 0) is 0 Å². The Balaban J connectivity index is -0.0000000457. The molecule has 0 fully saturated rings. The van der Waals surface area contributed by atoms with Crippen molar-refractivity contribution >= 4 is 15.6 Å². The summed E-state index contributed by atoms with van der Waals surface area (Å²) in [6, 6.07) is 0. The fourth-order valence-corrected chi connectivity index (χ4v) is 0. The summed E-state index contributed by atoms with van der Waals surface area (Å²) in [6.45, 7) is 0. The summed E-state index contributed by atoms with van der Waals surface area (Å²) in [7, 11) is -9.78. The zero-order valence-electron chi connectivity index (χ0n) is 6.32. The maximum absolute atomic E-state index is 8.77. The minimum absolute atomic E-state index is 0. The third-order valence-corrected chi connectivity index (χ3v) is 0. The van der Waals surface area contributed by atoms with Crippen LogP contribution in [0.3, 0.4) is 0 Å². The van der Waals surface area contributed by atoms with Gasteiger partial charge in [-0.25, -0.2) is 0 Å². The molecule has 0 aromatic heterocycles. The van der Waals surface area contributed by atoms with Gasteiger partial charge in [0.15, 0.2) is 0 Å². The van der Waals surface area contributed by atoms with E-state index in [-0.39, 0.29) is 120 Å². The van der Waals surface area contributed by atoms with Crippen molar-refractivity contribution in [3.63, 3.8) is 0 Å². The minimum Gasteiger partial charge on any atom is -0.756 e.